The second kappa shape index (κ2) is 6.62. The first kappa shape index (κ1) is 15.2. The summed E-state index contributed by atoms with van der Waals surface area (Å²) in [6.07, 6.45) is 7.55. The molecule has 0 bridgehead atoms. The van der Waals surface area contributed by atoms with E-state index in [4.69, 9.17) is 0 Å². The number of anilines is 2. The summed E-state index contributed by atoms with van der Waals surface area (Å²) in [5.41, 5.74) is 2.08. The van der Waals surface area contributed by atoms with Crippen LogP contribution in [0.2, 0.25) is 0 Å². The minimum atomic E-state index is -0.227. The summed E-state index contributed by atoms with van der Waals surface area (Å²) in [6.45, 7) is 0.914. The minimum Gasteiger partial charge on any atom is -0.369 e. The Morgan fingerprint density at radius 2 is 2.32 bits per heavy atom. The van der Waals surface area contributed by atoms with Gasteiger partial charge in [0.05, 0.1) is 5.56 Å². The van der Waals surface area contributed by atoms with E-state index in [0.29, 0.717) is 15.4 Å². The highest BCUT2D eigenvalue weighted by atomic mass is 32.2. The normalized spacial score (nSPS) is 15.9. The summed E-state index contributed by atoms with van der Waals surface area (Å²) in [5, 5.41) is 14.0. The number of pyridine rings is 1. The highest BCUT2D eigenvalue weighted by Gasteiger charge is 2.35. The van der Waals surface area contributed by atoms with Crippen LogP contribution in [0.15, 0.2) is 23.8 Å². The van der Waals surface area contributed by atoms with E-state index in [2.05, 4.69) is 32.1 Å². The Balaban J connectivity index is 1.56. The SMILES string of the molecule is CSC1(CNc2ccc(C(=O)Nc3nncs3)cn2)CCC1. The number of hydrogen-bond donors (Lipinski definition) is 2. The monoisotopic (exact) mass is 335 g/mol. The zero-order chi connectivity index (χ0) is 15.4. The van der Waals surface area contributed by atoms with Gasteiger partial charge >= 0.3 is 0 Å². The van der Waals surface area contributed by atoms with Crippen LogP contribution in [0, 0.1) is 0 Å². The third-order valence-corrected chi connectivity index (χ3v) is 5.92. The molecule has 2 aromatic heterocycles. The molecular weight excluding hydrogens is 318 g/mol. The topological polar surface area (TPSA) is 79.8 Å². The van der Waals surface area contributed by atoms with Crippen molar-refractivity contribution in [2.24, 2.45) is 0 Å². The van der Waals surface area contributed by atoms with Crippen LogP contribution in [-0.2, 0) is 0 Å². The van der Waals surface area contributed by atoms with Gasteiger partial charge in [0, 0.05) is 17.5 Å². The molecule has 6 nitrogen and oxygen atoms in total. The van der Waals surface area contributed by atoms with Gasteiger partial charge in [0.25, 0.3) is 5.91 Å². The lowest BCUT2D eigenvalue weighted by molar-refractivity contribution is 0.102. The van der Waals surface area contributed by atoms with E-state index in [-0.39, 0.29) is 5.91 Å². The number of hydrogen-bond acceptors (Lipinski definition) is 7. The Morgan fingerprint density at radius 1 is 1.45 bits per heavy atom. The van der Waals surface area contributed by atoms with Crippen molar-refractivity contribution in [2.75, 3.05) is 23.4 Å². The highest BCUT2D eigenvalue weighted by molar-refractivity contribution is 8.00. The number of carbonyl (C=O) groups excluding carboxylic acids is 1. The van der Waals surface area contributed by atoms with Gasteiger partial charge in [-0.2, -0.15) is 11.8 Å². The number of rotatable bonds is 6. The van der Waals surface area contributed by atoms with Gasteiger partial charge < -0.3 is 5.32 Å². The first-order chi connectivity index (χ1) is 10.7. The molecule has 22 heavy (non-hydrogen) atoms. The third-order valence-electron chi connectivity index (χ3n) is 3.90. The molecule has 1 fully saturated rings. The van der Waals surface area contributed by atoms with Gasteiger partial charge in [0.1, 0.15) is 11.3 Å². The molecule has 2 aromatic rings. The van der Waals surface area contributed by atoms with E-state index >= 15 is 0 Å². The lowest BCUT2D eigenvalue weighted by Crippen LogP contribution is -2.40. The molecule has 1 aliphatic rings. The van der Waals surface area contributed by atoms with E-state index in [0.717, 1.165) is 12.4 Å². The van der Waals surface area contributed by atoms with Gasteiger partial charge in [-0.1, -0.05) is 17.8 Å². The van der Waals surface area contributed by atoms with Crippen molar-refractivity contribution in [3.63, 3.8) is 0 Å². The lowest BCUT2D eigenvalue weighted by atomic mass is 9.84. The van der Waals surface area contributed by atoms with Gasteiger partial charge in [-0.25, -0.2) is 4.98 Å². The van der Waals surface area contributed by atoms with Gasteiger partial charge in [-0.05, 0) is 31.2 Å². The summed E-state index contributed by atoms with van der Waals surface area (Å²) in [7, 11) is 0. The fourth-order valence-electron chi connectivity index (χ4n) is 2.31. The molecule has 0 aliphatic heterocycles. The first-order valence-electron chi connectivity index (χ1n) is 7.03. The molecule has 2 N–H and O–H groups in total. The van der Waals surface area contributed by atoms with Crippen LogP contribution in [0.25, 0.3) is 0 Å². The number of thioether (sulfide) groups is 1. The van der Waals surface area contributed by atoms with Crippen LogP contribution in [0.5, 0.6) is 0 Å². The second-order valence-corrected chi connectivity index (χ2v) is 7.33. The molecule has 8 heteroatoms. The van der Waals surface area contributed by atoms with Crippen molar-refractivity contribution in [3.05, 3.63) is 29.4 Å². The summed E-state index contributed by atoms with van der Waals surface area (Å²) in [5.74, 6) is 0.572. The predicted molar refractivity (Wildman–Crippen MR) is 90.7 cm³/mol. The molecule has 1 aliphatic carbocycles. The average Bonchev–Trinajstić information content (AvgIpc) is 3.00. The molecule has 1 saturated carbocycles. The van der Waals surface area contributed by atoms with E-state index in [9.17, 15) is 4.79 Å². The molecule has 116 valence electrons. The number of aromatic nitrogens is 3. The van der Waals surface area contributed by atoms with Crippen molar-refractivity contribution in [3.8, 4) is 0 Å². The summed E-state index contributed by atoms with van der Waals surface area (Å²) in [4.78, 5) is 16.3. The second-order valence-electron chi connectivity index (χ2n) is 5.22. The minimum absolute atomic E-state index is 0.227. The maximum atomic E-state index is 12.0. The Hall–Kier alpha value is -1.67. The van der Waals surface area contributed by atoms with Gasteiger partial charge in [-0.3, -0.25) is 10.1 Å². The molecule has 0 spiro atoms. The Kier molecular flexibility index (Phi) is 4.58. The molecule has 0 radical (unpaired) electrons. The average molecular weight is 335 g/mol. The van der Waals surface area contributed by atoms with Crippen LogP contribution < -0.4 is 10.6 Å². The summed E-state index contributed by atoms with van der Waals surface area (Å²) < 4.78 is 0.357. The van der Waals surface area contributed by atoms with Gasteiger partial charge in [0.2, 0.25) is 5.13 Å². The number of nitrogens with zero attached hydrogens (tertiary/aromatic N) is 3. The summed E-state index contributed by atoms with van der Waals surface area (Å²) in [6, 6.07) is 3.60. The highest BCUT2D eigenvalue weighted by Crippen LogP contribution is 2.42. The predicted octanol–water partition coefficient (Wildman–Crippen LogP) is 2.88. The molecule has 0 unspecified atom stereocenters. The Morgan fingerprint density at radius 3 is 2.86 bits per heavy atom. The van der Waals surface area contributed by atoms with Crippen LogP contribution in [-0.4, -0.2) is 38.6 Å². The van der Waals surface area contributed by atoms with Crippen molar-refractivity contribution in [1.82, 2.24) is 15.2 Å². The van der Waals surface area contributed by atoms with E-state index < -0.39 is 0 Å². The van der Waals surface area contributed by atoms with E-state index in [1.807, 2.05) is 17.8 Å². The third kappa shape index (κ3) is 3.38. The van der Waals surface area contributed by atoms with E-state index in [1.165, 1.54) is 30.6 Å². The Bertz CT molecular complexity index is 620. The first-order valence-corrected chi connectivity index (χ1v) is 9.14. The molecule has 0 atom stereocenters. The van der Waals surface area contributed by atoms with Crippen molar-refractivity contribution < 1.29 is 4.79 Å². The number of amides is 1. The van der Waals surface area contributed by atoms with Crippen LogP contribution in [0.1, 0.15) is 29.6 Å². The lowest BCUT2D eigenvalue weighted by Gasteiger charge is -2.40. The van der Waals surface area contributed by atoms with Crippen LogP contribution in [0.3, 0.4) is 0 Å². The maximum absolute atomic E-state index is 12.0. The molecule has 3 rings (SSSR count). The molecule has 2 heterocycles. The Labute approximate surface area is 137 Å². The van der Waals surface area contributed by atoms with Crippen molar-refractivity contribution in [2.45, 2.75) is 24.0 Å². The zero-order valence-electron chi connectivity index (χ0n) is 12.2. The maximum Gasteiger partial charge on any atom is 0.259 e. The quantitative estimate of drug-likeness (QED) is 0.845. The van der Waals surface area contributed by atoms with Crippen molar-refractivity contribution in [1.29, 1.82) is 0 Å². The zero-order valence-corrected chi connectivity index (χ0v) is 13.8. The molecule has 1 amide bonds. The van der Waals surface area contributed by atoms with Crippen LogP contribution in [0.4, 0.5) is 10.9 Å². The fourth-order valence-corrected chi connectivity index (χ4v) is 3.66. The fraction of sp³-hybridized carbons (Fsp3) is 0.429. The number of carbonyl (C=O) groups is 1. The van der Waals surface area contributed by atoms with E-state index in [1.54, 1.807) is 17.8 Å². The van der Waals surface area contributed by atoms with Gasteiger partial charge in [-0.15, -0.1) is 10.2 Å². The van der Waals surface area contributed by atoms with Crippen LogP contribution >= 0.6 is 23.1 Å². The number of nitrogens with one attached hydrogen (secondary N) is 2. The smallest absolute Gasteiger partial charge is 0.259 e. The standard InChI is InChI=1S/C14H17N5OS2/c1-21-14(5-2-6-14)8-16-11-4-3-10(7-15-11)12(20)18-13-19-17-9-22-13/h3-4,7,9H,2,5-6,8H2,1H3,(H,15,16)(H,18,19,20). The molecule has 0 aromatic carbocycles. The molecule has 0 saturated heterocycles. The van der Waals surface area contributed by atoms with Crippen molar-refractivity contribution >= 4 is 40.0 Å². The largest absolute Gasteiger partial charge is 0.369 e. The summed E-state index contributed by atoms with van der Waals surface area (Å²) >= 11 is 3.20. The molecular formula is C14H17N5OS2. The van der Waals surface area contributed by atoms with Gasteiger partial charge in [0.15, 0.2) is 0 Å².